The van der Waals surface area contributed by atoms with Crippen LogP contribution in [0.15, 0.2) is 0 Å². The van der Waals surface area contributed by atoms with Crippen LogP contribution in [0.5, 0.6) is 0 Å². The van der Waals surface area contributed by atoms with Gasteiger partial charge in [-0.1, -0.05) is 20.8 Å². The summed E-state index contributed by atoms with van der Waals surface area (Å²) in [5.74, 6) is 2.45. The summed E-state index contributed by atoms with van der Waals surface area (Å²) < 4.78 is 0. The summed E-state index contributed by atoms with van der Waals surface area (Å²) in [7, 11) is 0. The van der Waals surface area contributed by atoms with E-state index < -0.39 is 0 Å². The maximum absolute atomic E-state index is 11.6. The van der Waals surface area contributed by atoms with Crippen molar-refractivity contribution in [2.75, 3.05) is 19.6 Å². The minimum Gasteiger partial charge on any atom is -0.303 e. The molecule has 1 aliphatic carbocycles. The van der Waals surface area contributed by atoms with Crippen LogP contribution in [0.4, 0.5) is 0 Å². The number of aldehydes is 1. The third-order valence-corrected chi connectivity index (χ3v) is 5.48. The van der Waals surface area contributed by atoms with Crippen LogP contribution in [0, 0.1) is 23.2 Å². The lowest BCUT2D eigenvalue weighted by atomic mass is 9.71. The van der Waals surface area contributed by atoms with Gasteiger partial charge in [-0.15, -0.1) is 0 Å². The molecule has 0 N–H and O–H groups in total. The summed E-state index contributed by atoms with van der Waals surface area (Å²) in [5, 5.41) is 0. The molecule has 0 amide bonds. The van der Waals surface area contributed by atoms with E-state index in [4.69, 9.17) is 0 Å². The van der Waals surface area contributed by atoms with Crippen LogP contribution in [0.25, 0.3) is 0 Å². The van der Waals surface area contributed by atoms with Gasteiger partial charge >= 0.3 is 0 Å². The molecule has 1 heterocycles. The molecular formula is C16H29NO. The lowest BCUT2D eigenvalue weighted by Crippen LogP contribution is -2.46. The molecule has 2 aliphatic rings. The Morgan fingerprint density at radius 1 is 1.11 bits per heavy atom. The molecule has 1 saturated heterocycles. The molecule has 18 heavy (non-hydrogen) atoms. The molecule has 0 aromatic carbocycles. The number of nitrogens with zero attached hydrogens (tertiary/aromatic N) is 1. The zero-order valence-corrected chi connectivity index (χ0v) is 12.3. The number of rotatable bonds is 3. The summed E-state index contributed by atoms with van der Waals surface area (Å²) >= 11 is 0. The van der Waals surface area contributed by atoms with Crippen LogP contribution in [-0.4, -0.2) is 30.8 Å². The van der Waals surface area contributed by atoms with Gasteiger partial charge in [0.05, 0.1) is 0 Å². The van der Waals surface area contributed by atoms with E-state index in [1.807, 2.05) is 0 Å². The average Bonchev–Trinajstić information content (AvgIpc) is 2.37. The molecular weight excluding hydrogens is 222 g/mol. The van der Waals surface area contributed by atoms with E-state index >= 15 is 0 Å². The topological polar surface area (TPSA) is 20.3 Å². The Morgan fingerprint density at radius 2 is 1.78 bits per heavy atom. The molecule has 2 rings (SSSR count). The van der Waals surface area contributed by atoms with Gasteiger partial charge in [0.25, 0.3) is 0 Å². The smallest absolute Gasteiger partial charge is 0.127 e. The molecule has 2 atom stereocenters. The number of carbonyl (C=O) groups excluding carboxylic acids is 1. The molecule has 0 aromatic rings. The second kappa shape index (κ2) is 5.73. The first-order chi connectivity index (χ1) is 8.54. The zero-order chi connectivity index (χ0) is 13.2. The number of carbonyl (C=O) groups is 1. The van der Waals surface area contributed by atoms with Crippen molar-refractivity contribution in [3.63, 3.8) is 0 Å². The highest BCUT2D eigenvalue weighted by molar-refractivity contribution is 5.60. The molecule has 104 valence electrons. The summed E-state index contributed by atoms with van der Waals surface area (Å²) in [6, 6.07) is 0. The first-order valence-corrected chi connectivity index (χ1v) is 7.73. The van der Waals surface area contributed by atoms with E-state index in [0.29, 0.717) is 0 Å². The van der Waals surface area contributed by atoms with Gasteiger partial charge in [0, 0.05) is 18.5 Å². The van der Waals surface area contributed by atoms with Gasteiger partial charge in [0.1, 0.15) is 6.29 Å². The largest absolute Gasteiger partial charge is 0.303 e. The summed E-state index contributed by atoms with van der Waals surface area (Å²) in [6.07, 6.45) is 7.27. The van der Waals surface area contributed by atoms with Gasteiger partial charge in [0.15, 0.2) is 0 Å². The van der Waals surface area contributed by atoms with Crippen LogP contribution in [0.3, 0.4) is 0 Å². The summed E-state index contributed by atoms with van der Waals surface area (Å²) in [4.78, 5) is 14.1. The molecule has 0 bridgehead atoms. The van der Waals surface area contributed by atoms with E-state index in [2.05, 4.69) is 25.7 Å². The third kappa shape index (κ3) is 3.14. The van der Waals surface area contributed by atoms with E-state index in [1.54, 1.807) is 0 Å². The number of piperidine rings is 1. The first kappa shape index (κ1) is 14.0. The fourth-order valence-electron chi connectivity index (χ4n) is 3.59. The van der Waals surface area contributed by atoms with Crippen molar-refractivity contribution >= 4 is 6.29 Å². The van der Waals surface area contributed by atoms with E-state index in [1.165, 1.54) is 38.6 Å². The maximum Gasteiger partial charge on any atom is 0.127 e. The Bertz CT molecular complexity index is 281. The van der Waals surface area contributed by atoms with Crippen molar-refractivity contribution in [3.05, 3.63) is 0 Å². The maximum atomic E-state index is 11.6. The molecule has 0 radical (unpaired) electrons. The zero-order valence-electron chi connectivity index (χ0n) is 12.3. The Labute approximate surface area is 112 Å². The molecule has 1 saturated carbocycles. The highest BCUT2D eigenvalue weighted by atomic mass is 16.1. The van der Waals surface area contributed by atoms with Crippen LogP contribution in [0.2, 0.25) is 0 Å². The number of hydrogen-bond acceptors (Lipinski definition) is 2. The minimum atomic E-state index is -0.0210. The Morgan fingerprint density at radius 3 is 2.33 bits per heavy atom. The Hall–Kier alpha value is -0.370. The van der Waals surface area contributed by atoms with Crippen LogP contribution >= 0.6 is 0 Å². The minimum absolute atomic E-state index is 0.0210. The molecule has 1 aliphatic heterocycles. The fourth-order valence-corrected chi connectivity index (χ4v) is 3.59. The van der Waals surface area contributed by atoms with Crippen molar-refractivity contribution in [2.24, 2.45) is 23.2 Å². The van der Waals surface area contributed by atoms with Crippen LogP contribution < -0.4 is 0 Å². The molecule has 2 heteroatoms. The number of likely N-dealkylation sites (tertiary alicyclic amines) is 1. The summed E-state index contributed by atoms with van der Waals surface area (Å²) in [5.41, 5.74) is -0.0210. The highest BCUT2D eigenvalue weighted by Crippen LogP contribution is 2.38. The van der Waals surface area contributed by atoms with Gasteiger partial charge in [-0.25, -0.2) is 0 Å². The van der Waals surface area contributed by atoms with Crippen molar-refractivity contribution < 1.29 is 4.79 Å². The molecule has 0 spiro atoms. The Balaban J connectivity index is 1.92. The van der Waals surface area contributed by atoms with Crippen LogP contribution in [0.1, 0.15) is 52.9 Å². The van der Waals surface area contributed by atoms with Gasteiger partial charge in [-0.3, -0.25) is 0 Å². The molecule has 2 nitrogen and oxygen atoms in total. The van der Waals surface area contributed by atoms with Gasteiger partial charge in [-0.05, 0) is 56.4 Å². The SMILES string of the molecule is CC1CCC(C=O)(CN2CCC(C)C(C)C2)CC1. The summed E-state index contributed by atoms with van der Waals surface area (Å²) in [6.45, 7) is 10.4. The fraction of sp³-hybridized carbons (Fsp3) is 0.938. The van der Waals surface area contributed by atoms with E-state index in [-0.39, 0.29) is 5.41 Å². The standard InChI is InChI=1S/C16H29NO/c1-13-4-7-16(12-18,8-5-13)11-17-9-6-14(2)15(3)10-17/h12-15H,4-11H2,1-3H3. The molecule has 0 aromatic heterocycles. The molecule has 2 fully saturated rings. The average molecular weight is 251 g/mol. The van der Waals surface area contributed by atoms with Crippen molar-refractivity contribution in [3.8, 4) is 0 Å². The van der Waals surface area contributed by atoms with Crippen molar-refractivity contribution in [1.29, 1.82) is 0 Å². The predicted octanol–water partition coefficient (Wildman–Crippen LogP) is 3.36. The van der Waals surface area contributed by atoms with Crippen LogP contribution in [-0.2, 0) is 4.79 Å². The number of hydrogen-bond donors (Lipinski definition) is 0. The monoisotopic (exact) mass is 251 g/mol. The normalized spacial score (nSPS) is 42.7. The van der Waals surface area contributed by atoms with E-state index in [9.17, 15) is 4.79 Å². The highest BCUT2D eigenvalue weighted by Gasteiger charge is 2.37. The van der Waals surface area contributed by atoms with Gasteiger partial charge in [-0.2, -0.15) is 0 Å². The predicted molar refractivity (Wildman–Crippen MR) is 75.5 cm³/mol. The van der Waals surface area contributed by atoms with E-state index in [0.717, 1.165) is 37.1 Å². The first-order valence-electron chi connectivity index (χ1n) is 7.73. The van der Waals surface area contributed by atoms with Gasteiger partial charge < -0.3 is 9.69 Å². The lowest BCUT2D eigenvalue weighted by molar-refractivity contribution is -0.120. The third-order valence-electron chi connectivity index (χ3n) is 5.48. The second-order valence-corrected chi connectivity index (χ2v) is 7.14. The second-order valence-electron chi connectivity index (χ2n) is 7.14. The lowest BCUT2D eigenvalue weighted by Gasteiger charge is -2.42. The Kier molecular flexibility index (Phi) is 4.47. The molecule has 2 unspecified atom stereocenters. The van der Waals surface area contributed by atoms with Crippen molar-refractivity contribution in [1.82, 2.24) is 4.90 Å². The quantitative estimate of drug-likeness (QED) is 0.717. The van der Waals surface area contributed by atoms with Gasteiger partial charge in [0.2, 0.25) is 0 Å². The van der Waals surface area contributed by atoms with Crippen molar-refractivity contribution in [2.45, 2.75) is 52.9 Å².